The topological polar surface area (TPSA) is 77.1 Å². The molecule has 2 aromatic rings. The number of rotatable bonds is 4. The van der Waals surface area contributed by atoms with Crippen molar-refractivity contribution in [2.24, 2.45) is 13.0 Å². The number of hydrogen-bond acceptors (Lipinski definition) is 5. The second kappa shape index (κ2) is 5.51. The van der Waals surface area contributed by atoms with E-state index in [1.54, 1.807) is 6.07 Å². The molecule has 0 spiro atoms. The average Bonchev–Trinajstić information content (AvgIpc) is 3.09. The Morgan fingerprint density at radius 3 is 2.90 bits per heavy atom. The van der Waals surface area contributed by atoms with Crippen LogP contribution in [0, 0.1) is 16.0 Å². The lowest BCUT2D eigenvalue weighted by molar-refractivity contribution is -0.385. The van der Waals surface area contributed by atoms with E-state index in [1.807, 2.05) is 24.1 Å². The van der Waals surface area contributed by atoms with Gasteiger partial charge < -0.3 is 4.90 Å². The molecule has 1 unspecified atom stereocenters. The highest BCUT2D eigenvalue weighted by Crippen LogP contribution is 2.25. The lowest BCUT2D eigenvalue weighted by atomic mass is 10.0. The van der Waals surface area contributed by atoms with Crippen molar-refractivity contribution < 1.29 is 4.92 Å². The minimum Gasteiger partial charge on any atom is -0.356 e. The summed E-state index contributed by atoms with van der Waals surface area (Å²) in [5, 5.41) is 14.8. The fraction of sp³-hybridized carbons (Fsp3) is 0.429. The monoisotopic (exact) mass is 287 g/mol. The summed E-state index contributed by atoms with van der Waals surface area (Å²) in [4.78, 5) is 16.6. The molecule has 110 valence electrons. The molecule has 0 saturated carbocycles. The van der Waals surface area contributed by atoms with E-state index in [2.05, 4.69) is 15.0 Å². The van der Waals surface area contributed by atoms with Crippen LogP contribution < -0.4 is 4.90 Å². The first-order valence-corrected chi connectivity index (χ1v) is 6.95. The first kappa shape index (κ1) is 13.5. The van der Waals surface area contributed by atoms with Gasteiger partial charge >= 0.3 is 0 Å². The second-order valence-corrected chi connectivity index (χ2v) is 5.46. The zero-order valence-corrected chi connectivity index (χ0v) is 11.8. The van der Waals surface area contributed by atoms with Gasteiger partial charge in [0.2, 0.25) is 0 Å². The van der Waals surface area contributed by atoms with E-state index in [1.165, 1.54) is 17.8 Å². The Bertz CT molecular complexity index is 637. The Balaban J connectivity index is 1.62. The highest BCUT2D eigenvalue weighted by molar-refractivity contribution is 5.43. The van der Waals surface area contributed by atoms with Gasteiger partial charge in [0.05, 0.1) is 11.1 Å². The summed E-state index contributed by atoms with van der Waals surface area (Å²) in [5.41, 5.74) is 1.28. The van der Waals surface area contributed by atoms with Crippen LogP contribution in [-0.2, 0) is 13.5 Å². The molecule has 7 nitrogen and oxygen atoms in total. The number of anilines is 1. The first-order valence-electron chi connectivity index (χ1n) is 6.95. The molecule has 0 aromatic carbocycles. The summed E-state index contributed by atoms with van der Waals surface area (Å²) in [6.07, 6.45) is 7.40. The molecule has 1 aliphatic rings. The number of hydrogen-bond donors (Lipinski definition) is 0. The molecular weight excluding hydrogens is 270 g/mol. The molecule has 1 saturated heterocycles. The first-order chi connectivity index (χ1) is 10.1. The van der Waals surface area contributed by atoms with Crippen LogP contribution in [0.3, 0.4) is 0 Å². The Morgan fingerprint density at radius 2 is 2.29 bits per heavy atom. The van der Waals surface area contributed by atoms with Gasteiger partial charge in [0.1, 0.15) is 12.0 Å². The molecule has 3 heterocycles. The molecule has 21 heavy (non-hydrogen) atoms. The summed E-state index contributed by atoms with van der Waals surface area (Å²) in [7, 11) is 1.92. The predicted octanol–water partition coefficient (Wildman–Crippen LogP) is 1.79. The minimum absolute atomic E-state index is 0.0323. The molecule has 0 aliphatic carbocycles. The van der Waals surface area contributed by atoms with Crippen LogP contribution in [0.25, 0.3) is 0 Å². The Hall–Kier alpha value is -2.44. The zero-order chi connectivity index (χ0) is 14.8. The molecule has 3 rings (SSSR count). The molecule has 7 heteroatoms. The fourth-order valence-electron chi connectivity index (χ4n) is 2.79. The van der Waals surface area contributed by atoms with Crippen molar-refractivity contribution in [3.05, 3.63) is 46.4 Å². The van der Waals surface area contributed by atoms with Crippen molar-refractivity contribution in [1.82, 2.24) is 14.8 Å². The smallest absolute Gasteiger partial charge is 0.287 e. The molecule has 0 bridgehead atoms. The largest absolute Gasteiger partial charge is 0.356 e. The minimum atomic E-state index is -0.425. The fourth-order valence-corrected chi connectivity index (χ4v) is 2.79. The highest BCUT2D eigenvalue weighted by atomic mass is 16.6. The molecular formula is C14H17N5O2. The predicted molar refractivity (Wildman–Crippen MR) is 78.1 cm³/mol. The van der Waals surface area contributed by atoms with Crippen LogP contribution in [-0.4, -0.2) is 32.8 Å². The summed E-state index contributed by atoms with van der Waals surface area (Å²) >= 11 is 0. The summed E-state index contributed by atoms with van der Waals surface area (Å²) in [6.45, 7) is 1.87. The Kier molecular flexibility index (Phi) is 3.55. The number of nitro groups is 1. The van der Waals surface area contributed by atoms with Crippen molar-refractivity contribution >= 4 is 11.5 Å². The molecule has 1 atom stereocenters. The number of aryl methyl sites for hydroxylation is 1. The zero-order valence-electron chi connectivity index (χ0n) is 11.8. The van der Waals surface area contributed by atoms with E-state index < -0.39 is 4.92 Å². The van der Waals surface area contributed by atoms with Gasteiger partial charge in [-0.15, -0.1) is 0 Å². The van der Waals surface area contributed by atoms with Crippen molar-refractivity contribution in [3.63, 3.8) is 0 Å². The van der Waals surface area contributed by atoms with Gasteiger partial charge in [-0.2, -0.15) is 5.10 Å². The van der Waals surface area contributed by atoms with Gasteiger partial charge in [0.25, 0.3) is 5.69 Å². The molecule has 2 aromatic heterocycles. The molecule has 0 N–H and O–H groups in total. The van der Waals surface area contributed by atoms with Crippen molar-refractivity contribution in [3.8, 4) is 0 Å². The van der Waals surface area contributed by atoms with Gasteiger partial charge in [-0.1, -0.05) is 0 Å². The molecule has 0 radical (unpaired) electrons. The van der Waals surface area contributed by atoms with Gasteiger partial charge in [-0.05, 0) is 30.4 Å². The van der Waals surface area contributed by atoms with Gasteiger partial charge in [-0.3, -0.25) is 14.8 Å². The van der Waals surface area contributed by atoms with Gasteiger partial charge in [-0.25, -0.2) is 4.98 Å². The average molecular weight is 287 g/mol. The van der Waals surface area contributed by atoms with Crippen LogP contribution in [0.15, 0.2) is 30.7 Å². The van der Waals surface area contributed by atoms with Crippen LogP contribution >= 0.6 is 0 Å². The summed E-state index contributed by atoms with van der Waals surface area (Å²) in [5.74, 6) is 1.39. The van der Waals surface area contributed by atoms with E-state index in [0.29, 0.717) is 5.92 Å². The van der Waals surface area contributed by atoms with Crippen LogP contribution in [0.1, 0.15) is 12.0 Å². The van der Waals surface area contributed by atoms with Crippen molar-refractivity contribution in [2.75, 3.05) is 18.0 Å². The maximum absolute atomic E-state index is 10.6. The van der Waals surface area contributed by atoms with Crippen LogP contribution in [0.2, 0.25) is 0 Å². The van der Waals surface area contributed by atoms with E-state index in [9.17, 15) is 10.1 Å². The van der Waals surface area contributed by atoms with E-state index in [-0.39, 0.29) is 5.69 Å². The lowest BCUT2D eigenvalue weighted by Crippen LogP contribution is -2.21. The molecule has 1 fully saturated rings. The Labute approximate surface area is 122 Å². The molecule has 0 amide bonds. The number of aromatic nitrogens is 3. The van der Waals surface area contributed by atoms with Gasteiger partial charge in [0, 0.05) is 32.4 Å². The van der Waals surface area contributed by atoms with E-state index in [0.717, 1.165) is 31.7 Å². The van der Waals surface area contributed by atoms with Crippen LogP contribution in [0.4, 0.5) is 11.5 Å². The maximum Gasteiger partial charge on any atom is 0.287 e. The van der Waals surface area contributed by atoms with Crippen LogP contribution in [0.5, 0.6) is 0 Å². The van der Waals surface area contributed by atoms with Gasteiger partial charge in [0.15, 0.2) is 0 Å². The standard InChI is InChI=1S/C14H17N5O2/c1-17-9-12(7-16-17)6-11-4-5-18(10-11)14-3-2-13(8-15-14)19(20)21/h2-3,7-9,11H,4-6,10H2,1H3. The third-order valence-electron chi connectivity index (χ3n) is 3.84. The second-order valence-electron chi connectivity index (χ2n) is 5.46. The van der Waals surface area contributed by atoms with E-state index in [4.69, 9.17) is 0 Å². The Morgan fingerprint density at radius 1 is 1.43 bits per heavy atom. The van der Waals surface area contributed by atoms with E-state index >= 15 is 0 Å². The maximum atomic E-state index is 10.6. The summed E-state index contributed by atoms with van der Waals surface area (Å²) < 4.78 is 1.82. The van der Waals surface area contributed by atoms with Crippen molar-refractivity contribution in [1.29, 1.82) is 0 Å². The van der Waals surface area contributed by atoms with Crippen molar-refractivity contribution in [2.45, 2.75) is 12.8 Å². The lowest BCUT2D eigenvalue weighted by Gasteiger charge is -2.16. The third kappa shape index (κ3) is 3.01. The third-order valence-corrected chi connectivity index (χ3v) is 3.84. The normalized spacial score (nSPS) is 18.1. The SMILES string of the molecule is Cn1cc(CC2CCN(c3ccc([N+](=O)[O-])cn3)C2)cn1. The number of pyridine rings is 1. The molecule has 1 aliphatic heterocycles. The highest BCUT2D eigenvalue weighted by Gasteiger charge is 2.24. The quantitative estimate of drug-likeness (QED) is 0.633. The summed E-state index contributed by atoms with van der Waals surface area (Å²) in [6, 6.07) is 3.24. The number of nitrogens with zero attached hydrogens (tertiary/aromatic N) is 5.